The predicted molar refractivity (Wildman–Crippen MR) is 101 cm³/mol. The van der Waals surface area contributed by atoms with Gasteiger partial charge in [-0.3, -0.25) is 5.32 Å². The van der Waals surface area contributed by atoms with Crippen LogP contribution in [0.5, 0.6) is 0 Å². The van der Waals surface area contributed by atoms with E-state index < -0.39 is 5.97 Å². The molecule has 25 heavy (non-hydrogen) atoms. The third-order valence-electron chi connectivity index (χ3n) is 4.15. The second-order valence-electron chi connectivity index (χ2n) is 5.86. The first-order valence-electron chi connectivity index (χ1n) is 8.18. The van der Waals surface area contributed by atoms with Crippen LogP contribution >= 0.6 is 0 Å². The normalized spacial score (nSPS) is 11.6. The Bertz CT molecular complexity index is 944. The zero-order valence-corrected chi connectivity index (χ0v) is 14.0. The third-order valence-corrected chi connectivity index (χ3v) is 4.15. The quantitative estimate of drug-likeness (QED) is 0.704. The van der Waals surface area contributed by atoms with Crippen LogP contribution in [0.1, 0.15) is 34.5 Å². The number of carboxylic acids is 1. The van der Waals surface area contributed by atoms with Crippen molar-refractivity contribution in [3.8, 4) is 11.8 Å². The standard InChI is InChI=1S/C22H19NO2/c1-16(20-10-4-8-18-7-2-3-9-21(18)20)23-15-5-6-17-11-13-19(14-12-17)22(24)25/h2-4,7-14,16,23H,15H2,1H3,(H,24,25)/t16-/m1/s1. The van der Waals surface area contributed by atoms with Crippen molar-refractivity contribution in [2.75, 3.05) is 6.54 Å². The molecular weight excluding hydrogens is 310 g/mol. The van der Waals surface area contributed by atoms with Crippen molar-refractivity contribution in [2.24, 2.45) is 0 Å². The summed E-state index contributed by atoms with van der Waals surface area (Å²) < 4.78 is 0. The van der Waals surface area contributed by atoms with Gasteiger partial charge in [0.2, 0.25) is 0 Å². The molecule has 3 nitrogen and oxygen atoms in total. The first-order valence-corrected chi connectivity index (χ1v) is 8.18. The molecule has 0 amide bonds. The minimum atomic E-state index is -0.926. The number of hydrogen-bond acceptors (Lipinski definition) is 2. The zero-order chi connectivity index (χ0) is 17.6. The van der Waals surface area contributed by atoms with Crippen LogP contribution in [0.25, 0.3) is 10.8 Å². The van der Waals surface area contributed by atoms with Gasteiger partial charge in [0.05, 0.1) is 12.1 Å². The van der Waals surface area contributed by atoms with Gasteiger partial charge < -0.3 is 5.11 Å². The summed E-state index contributed by atoms with van der Waals surface area (Å²) in [6.07, 6.45) is 0. The summed E-state index contributed by atoms with van der Waals surface area (Å²) in [4.78, 5) is 10.8. The Hall–Kier alpha value is -3.09. The molecule has 0 saturated carbocycles. The molecule has 0 bridgehead atoms. The van der Waals surface area contributed by atoms with Crippen molar-refractivity contribution >= 4 is 16.7 Å². The Balaban J connectivity index is 1.65. The van der Waals surface area contributed by atoms with E-state index in [1.807, 2.05) is 6.07 Å². The second-order valence-corrected chi connectivity index (χ2v) is 5.86. The molecule has 0 fully saturated rings. The van der Waals surface area contributed by atoms with E-state index in [1.165, 1.54) is 16.3 Å². The summed E-state index contributed by atoms with van der Waals surface area (Å²) in [7, 11) is 0. The smallest absolute Gasteiger partial charge is 0.335 e. The number of nitrogens with one attached hydrogen (secondary N) is 1. The lowest BCUT2D eigenvalue weighted by Crippen LogP contribution is -2.19. The highest BCUT2D eigenvalue weighted by Gasteiger charge is 2.07. The number of fused-ring (bicyclic) bond motifs is 1. The average Bonchev–Trinajstić information content (AvgIpc) is 2.65. The summed E-state index contributed by atoms with van der Waals surface area (Å²) in [5.41, 5.74) is 2.34. The molecule has 0 radical (unpaired) electrons. The van der Waals surface area contributed by atoms with Crippen molar-refractivity contribution in [1.82, 2.24) is 5.32 Å². The molecule has 3 aromatic carbocycles. The number of carboxylic acid groups (broad SMARTS) is 1. The van der Waals surface area contributed by atoms with Crippen molar-refractivity contribution < 1.29 is 9.90 Å². The molecule has 3 rings (SSSR count). The Labute approximate surface area is 147 Å². The monoisotopic (exact) mass is 329 g/mol. The Kier molecular flexibility index (Phi) is 5.13. The SMILES string of the molecule is C[C@@H](NCC#Cc1ccc(C(=O)O)cc1)c1cccc2ccccc12. The highest BCUT2D eigenvalue weighted by atomic mass is 16.4. The fourth-order valence-corrected chi connectivity index (χ4v) is 2.78. The molecule has 0 aromatic heterocycles. The minimum Gasteiger partial charge on any atom is -0.478 e. The van der Waals surface area contributed by atoms with Gasteiger partial charge in [0.15, 0.2) is 0 Å². The first-order chi connectivity index (χ1) is 12.1. The lowest BCUT2D eigenvalue weighted by molar-refractivity contribution is 0.0697. The van der Waals surface area contributed by atoms with E-state index in [0.29, 0.717) is 6.54 Å². The molecular formula is C22H19NO2. The maximum atomic E-state index is 10.8. The summed E-state index contributed by atoms with van der Waals surface area (Å²) in [6.45, 7) is 2.69. The van der Waals surface area contributed by atoms with Crippen LogP contribution in [0.2, 0.25) is 0 Å². The highest BCUT2D eigenvalue weighted by molar-refractivity contribution is 5.87. The molecule has 0 aliphatic rings. The minimum absolute atomic E-state index is 0.190. The molecule has 0 spiro atoms. The molecule has 0 heterocycles. The maximum Gasteiger partial charge on any atom is 0.335 e. The van der Waals surface area contributed by atoms with E-state index in [4.69, 9.17) is 5.11 Å². The summed E-state index contributed by atoms with van der Waals surface area (Å²) >= 11 is 0. The Morgan fingerprint density at radius 3 is 2.52 bits per heavy atom. The van der Waals surface area contributed by atoms with E-state index in [9.17, 15) is 4.79 Å². The summed E-state index contributed by atoms with van der Waals surface area (Å²) in [6, 6.07) is 21.5. The van der Waals surface area contributed by atoms with Gasteiger partial charge in [-0.05, 0) is 47.5 Å². The molecule has 0 aliphatic carbocycles. The summed E-state index contributed by atoms with van der Waals surface area (Å²) in [5, 5.41) is 14.8. The van der Waals surface area contributed by atoms with E-state index in [2.05, 4.69) is 60.5 Å². The number of aromatic carboxylic acids is 1. The summed E-state index contributed by atoms with van der Waals surface area (Å²) in [5.74, 6) is 5.21. The number of rotatable bonds is 4. The largest absolute Gasteiger partial charge is 0.478 e. The predicted octanol–water partition coefficient (Wildman–Crippen LogP) is 4.24. The van der Waals surface area contributed by atoms with Gasteiger partial charge >= 0.3 is 5.97 Å². The molecule has 3 aromatic rings. The molecule has 2 N–H and O–H groups in total. The van der Waals surface area contributed by atoms with Crippen LogP contribution in [-0.2, 0) is 0 Å². The van der Waals surface area contributed by atoms with Crippen molar-refractivity contribution in [3.63, 3.8) is 0 Å². The fourth-order valence-electron chi connectivity index (χ4n) is 2.78. The topological polar surface area (TPSA) is 49.3 Å². The highest BCUT2D eigenvalue weighted by Crippen LogP contribution is 2.23. The van der Waals surface area contributed by atoms with Crippen LogP contribution in [0.4, 0.5) is 0 Å². The van der Waals surface area contributed by atoms with Gasteiger partial charge in [0.25, 0.3) is 0 Å². The Morgan fingerprint density at radius 2 is 1.76 bits per heavy atom. The van der Waals surface area contributed by atoms with Gasteiger partial charge in [0, 0.05) is 11.6 Å². The number of hydrogen-bond donors (Lipinski definition) is 2. The lowest BCUT2D eigenvalue weighted by Gasteiger charge is -2.15. The number of benzene rings is 3. The van der Waals surface area contributed by atoms with E-state index in [1.54, 1.807) is 24.3 Å². The van der Waals surface area contributed by atoms with Gasteiger partial charge in [-0.2, -0.15) is 0 Å². The molecule has 0 unspecified atom stereocenters. The molecule has 3 heteroatoms. The van der Waals surface area contributed by atoms with E-state index in [-0.39, 0.29) is 11.6 Å². The van der Waals surface area contributed by atoms with E-state index >= 15 is 0 Å². The van der Waals surface area contributed by atoms with Crippen LogP contribution in [-0.4, -0.2) is 17.6 Å². The van der Waals surface area contributed by atoms with Crippen LogP contribution in [0, 0.1) is 11.8 Å². The molecule has 0 aliphatic heterocycles. The second kappa shape index (κ2) is 7.65. The molecule has 1 atom stereocenters. The van der Waals surface area contributed by atoms with Crippen LogP contribution in [0.3, 0.4) is 0 Å². The van der Waals surface area contributed by atoms with Gasteiger partial charge in [0.1, 0.15) is 0 Å². The van der Waals surface area contributed by atoms with E-state index in [0.717, 1.165) is 5.56 Å². The third kappa shape index (κ3) is 4.06. The maximum absolute atomic E-state index is 10.8. The van der Waals surface area contributed by atoms with Gasteiger partial charge in [-0.1, -0.05) is 54.3 Å². The molecule has 0 saturated heterocycles. The average molecular weight is 329 g/mol. The van der Waals surface area contributed by atoms with Gasteiger partial charge in [-0.25, -0.2) is 4.79 Å². The Morgan fingerprint density at radius 1 is 1.04 bits per heavy atom. The first kappa shape index (κ1) is 16.8. The van der Waals surface area contributed by atoms with Crippen LogP contribution in [0.15, 0.2) is 66.7 Å². The van der Waals surface area contributed by atoms with Gasteiger partial charge in [-0.15, -0.1) is 0 Å². The number of carbonyl (C=O) groups is 1. The lowest BCUT2D eigenvalue weighted by atomic mass is 10.00. The fraction of sp³-hybridized carbons (Fsp3) is 0.136. The van der Waals surface area contributed by atoms with Crippen LogP contribution < -0.4 is 5.32 Å². The van der Waals surface area contributed by atoms with Crippen molar-refractivity contribution in [3.05, 3.63) is 83.4 Å². The zero-order valence-electron chi connectivity index (χ0n) is 14.0. The van der Waals surface area contributed by atoms with Crippen molar-refractivity contribution in [1.29, 1.82) is 0 Å². The van der Waals surface area contributed by atoms with Crippen molar-refractivity contribution in [2.45, 2.75) is 13.0 Å². The molecule has 124 valence electrons.